The highest BCUT2D eigenvalue weighted by molar-refractivity contribution is 9.10. The number of nitrogens with one attached hydrogen (secondary N) is 1. The van der Waals surface area contributed by atoms with Gasteiger partial charge in [0.05, 0.1) is 10.7 Å². The first kappa shape index (κ1) is 16.3. The maximum Gasteiger partial charge on any atom is 0.253 e. The first-order valence-electron chi connectivity index (χ1n) is 6.38. The van der Waals surface area contributed by atoms with Crippen LogP contribution in [-0.4, -0.2) is 24.9 Å². The number of amides is 1. The predicted octanol–water partition coefficient (Wildman–Crippen LogP) is 4.79. The zero-order chi connectivity index (χ0) is 15.6. The second-order valence-corrected chi connectivity index (χ2v) is 7.47. The molecule has 0 unspecified atom stereocenters. The molecule has 0 bridgehead atoms. The van der Waals surface area contributed by atoms with Gasteiger partial charge >= 0.3 is 0 Å². The normalized spacial score (nSPS) is 10.5. The number of benzene rings is 1. The van der Waals surface area contributed by atoms with Crippen LogP contribution in [0.4, 0.5) is 5.69 Å². The molecule has 0 atom stereocenters. The molecule has 0 aliphatic carbocycles. The highest BCUT2D eigenvalue weighted by Crippen LogP contribution is 2.28. The summed E-state index contributed by atoms with van der Waals surface area (Å²) in [6, 6.07) is 7.37. The van der Waals surface area contributed by atoms with Crippen molar-refractivity contribution in [2.75, 3.05) is 19.4 Å². The third kappa shape index (κ3) is 3.99. The lowest BCUT2D eigenvalue weighted by Gasteiger charge is -2.13. The first-order chi connectivity index (χ1) is 9.88. The van der Waals surface area contributed by atoms with Gasteiger partial charge in [-0.1, -0.05) is 11.6 Å². The minimum Gasteiger partial charge on any atom is -0.379 e. The Bertz CT molecular complexity index is 650. The fourth-order valence-electron chi connectivity index (χ4n) is 1.84. The van der Waals surface area contributed by atoms with Gasteiger partial charge in [-0.2, -0.15) is 0 Å². The average Bonchev–Trinajstić information content (AvgIpc) is 2.76. The van der Waals surface area contributed by atoms with Gasteiger partial charge in [-0.3, -0.25) is 4.79 Å². The molecule has 21 heavy (non-hydrogen) atoms. The van der Waals surface area contributed by atoms with E-state index in [1.165, 1.54) is 9.75 Å². The summed E-state index contributed by atoms with van der Waals surface area (Å²) >= 11 is 11.4. The van der Waals surface area contributed by atoms with E-state index in [1.807, 2.05) is 0 Å². The van der Waals surface area contributed by atoms with Crippen molar-refractivity contribution in [3.8, 4) is 0 Å². The standard InChI is InChI=1S/C15H16BrClN2OS/c1-9-12(16)7-11(21-9)8-18-14-6-10(4-5-13(14)17)15(20)19(2)3/h4-7,18H,8H2,1-3H3. The lowest BCUT2D eigenvalue weighted by atomic mass is 10.2. The van der Waals surface area contributed by atoms with E-state index in [2.05, 4.69) is 34.2 Å². The van der Waals surface area contributed by atoms with Crippen molar-refractivity contribution in [3.63, 3.8) is 0 Å². The van der Waals surface area contributed by atoms with Gasteiger partial charge in [-0.15, -0.1) is 11.3 Å². The van der Waals surface area contributed by atoms with Crippen LogP contribution in [0.5, 0.6) is 0 Å². The van der Waals surface area contributed by atoms with Crippen LogP contribution in [0, 0.1) is 6.92 Å². The van der Waals surface area contributed by atoms with E-state index >= 15 is 0 Å². The highest BCUT2D eigenvalue weighted by Gasteiger charge is 2.11. The number of hydrogen-bond acceptors (Lipinski definition) is 3. The number of anilines is 1. The average molecular weight is 388 g/mol. The van der Waals surface area contributed by atoms with Crippen molar-refractivity contribution in [2.24, 2.45) is 0 Å². The van der Waals surface area contributed by atoms with E-state index in [0.717, 1.165) is 10.2 Å². The number of thiophene rings is 1. The smallest absolute Gasteiger partial charge is 0.253 e. The monoisotopic (exact) mass is 386 g/mol. The summed E-state index contributed by atoms with van der Waals surface area (Å²) in [5.74, 6) is -0.0376. The molecule has 1 N–H and O–H groups in total. The third-order valence-electron chi connectivity index (χ3n) is 2.98. The first-order valence-corrected chi connectivity index (χ1v) is 8.37. The molecule has 2 aromatic rings. The summed E-state index contributed by atoms with van der Waals surface area (Å²) < 4.78 is 1.12. The van der Waals surface area contributed by atoms with E-state index in [4.69, 9.17) is 11.6 Å². The van der Waals surface area contributed by atoms with E-state index in [9.17, 15) is 4.79 Å². The number of carbonyl (C=O) groups is 1. The number of hydrogen-bond donors (Lipinski definition) is 1. The molecule has 1 heterocycles. The van der Waals surface area contributed by atoms with Gasteiger partial charge < -0.3 is 10.2 Å². The van der Waals surface area contributed by atoms with Crippen LogP contribution in [0.3, 0.4) is 0 Å². The van der Waals surface area contributed by atoms with Gasteiger partial charge in [-0.25, -0.2) is 0 Å². The number of carbonyl (C=O) groups excluding carboxylic acids is 1. The summed E-state index contributed by atoms with van der Waals surface area (Å²) in [7, 11) is 3.46. The van der Waals surface area contributed by atoms with Crippen LogP contribution in [0.1, 0.15) is 20.1 Å². The van der Waals surface area contributed by atoms with Crippen LogP contribution in [0.2, 0.25) is 5.02 Å². The Labute approximate surface area is 142 Å². The Kier molecular flexibility index (Phi) is 5.30. The van der Waals surface area contributed by atoms with Gasteiger partial charge in [0.15, 0.2) is 0 Å². The molecule has 0 spiro atoms. The van der Waals surface area contributed by atoms with Crippen molar-refractivity contribution < 1.29 is 4.79 Å². The van der Waals surface area contributed by atoms with Gasteiger partial charge in [-0.05, 0) is 47.1 Å². The van der Waals surface area contributed by atoms with Gasteiger partial charge in [0, 0.05) is 40.4 Å². The lowest BCUT2D eigenvalue weighted by molar-refractivity contribution is 0.0827. The Balaban J connectivity index is 2.15. The van der Waals surface area contributed by atoms with Gasteiger partial charge in [0.1, 0.15) is 0 Å². The Hall–Kier alpha value is -1.04. The quantitative estimate of drug-likeness (QED) is 0.818. The zero-order valence-electron chi connectivity index (χ0n) is 12.0. The molecule has 2 rings (SSSR count). The van der Waals surface area contributed by atoms with Crippen LogP contribution in [-0.2, 0) is 6.54 Å². The van der Waals surface area contributed by atoms with E-state index < -0.39 is 0 Å². The molecule has 0 radical (unpaired) electrons. The molecule has 1 aromatic carbocycles. The molecule has 0 aliphatic rings. The SMILES string of the molecule is Cc1sc(CNc2cc(C(=O)N(C)C)ccc2Cl)cc1Br. The topological polar surface area (TPSA) is 32.3 Å². The lowest BCUT2D eigenvalue weighted by Crippen LogP contribution is -2.21. The minimum absolute atomic E-state index is 0.0376. The van der Waals surface area contributed by atoms with Crippen LogP contribution >= 0.6 is 38.9 Å². The van der Waals surface area contributed by atoms with Gasteiger partial charge in [0.25, 0.3) is 5.91 Å². The Morgan fingerprint density at radius 2 is 2.10 bits per heavy atom. The third-order valence-corrected chi connectivity index (χ3v) is 5.45. The summed E-state index contributed by atoms with van der Waals surface area (Å²) in [5, 5.41) is 3.90. The van der Waals surface area contributed by atoms with E-state index in [0.29, 0.717) is 17.1 Å². The molecule has 0 saturated carbocycles. The Morgan fingerprint density at radius 1 is 1.38 bits per heavy atom. The molecule has 0 fully saturated rings. The molecule has 6 heteroatoms. The van der Waals surface area contributed by atoms with E-state index in [-0.39, 0.29) is 5.91 Å². The molecule has 0 aliphatic heterocycles. The summed E-state index contributed by atoms with van der Waals surface area (Å²) in [6.07, 6.45) is 0. The van der Waals surface area contributed by atoms with E-state index in [1.54, 1.807) is 48.5 Å². The molecule has 112 valence electrons. The largest absolute Gasteiger partial charge is 0.379 e. The maximum absolute atomic E-state index is 12.0. The Morgan fingerprint density at radius 3 is 2.67 bits per heavy atom. The molecule has 3 nitrogen and oxygen atoms in total. The maximum atomic E-state index is 12.0. The number of halogens is 2. The zero-order valence-corrected chi connectivity index (χ0v) is 15.2. The predicted molar refractivity (Wildman–Crippen MR) is 93.6 cm³/mol. The fraction of sp³-hybridized carbons (Fsp3) is 0.267. The van der Waals surface area contributed by atoms with Crippen molar-refractivity contribution in [2.45, 2.75) is 13.5 Å². The minimum atomic E-state index is -0.0376. The van der Waals surface area contributed by atoms with Gasteiger partial charge in [0.2, 0.25) is 0 Å². The highest BCUT2D eigenvalue weighted by atomic mass is 79.9. The second-order valence-electron chi connectivity index (χ2n) is 4.86. The van der Waals surface area contributed by atoms with Crippen LogP contribution in [0.15, 0.2) is 28.7 Å². The van der Waals surface area contributed by atoms with Crippen LogP contribution < -0.4 is 5.32 Å². The molecular weight excluding hydrogens is 372 g/mol. The summed E-state index contributed by atoms with van der Waals surface area (Å²) in [4.78, 5) is 16.0. The van der Waals surface area contributed by atoms with Crippen molar-refractivity contribution in [3.05, 3.63) is 49.1 Å². The molecular formula is C15H16BrClN2OS. The van der Waals surface area contributed by atoms with Crippen molar-refractivity contribution >= 4 is 50.5 Å². The number of aryl methyl sites for hydroxylation is 1. The molecule has 1 amide bonds. The fourth-order valence-corrected chi connectivity index (χ4v) is 3.57. The molecule has 0 saturated heterocycles. The summed E-state index contributed by atoms with van der Waals surface area (Å²) in [6.45, 7) is 2.75. The number of rotatable bonds is 4. The van der Waals surface area contributed by atoms with Crippen molar-refractivity contribution in [1.29, 1.82) is 0 Å². The van der Waals surface area contributed by atoms with Crippen molar-refractivity contribution in [1.82, 2.24) is 4.90 Å². The molecule has 1 aromatic heterocycles. The number of nitrogens with zero attached hydrogens (tertiary/aromatic N) is 1. The summed E-state index contributed by atoms with van der Waals surface area (Å²) in [5.41, 5.74) is 1.39. The van der Waals surface area contributed by atoms with Crippen LogP contribution in [0.25, 0.3) is 0 Å². The second kappa shape index (κ2) is 6.81.